The third-order valence-corrected chi connectivity index (χ3v) is 2.80. The van der Waals surface area contributed by atoms with Crippen molar-refractivity contribution in [2.24, 2.45) is 0 Å². The van der Waals surface area contributed by atoms with Crippen LogP contribution < -0.4 is 4.74 Å². The molecule has 5 heteroatoms. The summed E-state index contributed by atoms with van der Waals surface area (Å²) in [4.78, 5) is 0. The van der Waals surface area contributed by atoms with E-state index in [2.05, 4.69) is 15.9 Å². The Kier molecular flexibility index (Phi) is 4.12. The maximum Gasteiger partial charge on any atom is 0.202 e. The molecule has 0 amide bonds. The lowest BCUT2D eigenvalue weighted by Gasteiger charge is -2.13. The van der Waals surface area contributed by atoms with E-state index in [1.165, 1.54) is 6.07 Å². The number of hydrogen-bond acceptors (Lipinski definition) is 1. The van der Waals surface area contributed by atoms with Gasteiger partial charge >= 0.3 is 0 Å². The summed E-state index contributed by atoms with van der Waals surface area (Å²) in [6, 6.07) is 1.48. The third kappa shape index (κ3) is 2.56. The molecule has 0 aliphatic heterocycles. The normalized spacial score (nSPS) is 10.8. The van der Waals surface area contributed by atoms with Crippen molar-refractivity contribution in [2.75, 3.05) is 0 Å². The quantitative estimate of drug-likeness (QED) is 0.428. The van der Waals surface area contributed by atoms with Gasteiger partial charge in [0, 0.05) is 0 Å². The van der Waals surface area contributed by atoms with E-state index >= 15 is 0 Å². The van der Waals surface area contributed by atoms with Gasteiger partial charge in [0.25, 0.3) is 0 Å². The van der Waals surface area contributed by atoms with Crippen LogP contribution in [0.5, 0.6) is 5.75 Å². The lowest BCUT2D eigenvalue weighted by molar-refractivity contribution is 0.226. The maximum absolute atomic E-state index is 13.3. The van der Waals surface area contributed by atoms with Gasteiger partial charge in [-0.25, -0.2) is 4.39 Å². The van der Waals surface area contributed by atoms with Crippen LogP contribution in [0, 0.1) is 15.2 Å². The van der Waals surface area contributed by atoms with E-state index in [-0.39, 0.29) is 15.4 Å². The monoisotopic (exact) mass is 376 g/mol. The Bertz CT molecular complexity index is 355. The van der Waals surface area contributed by atoms with Crippen LogP contribution in [0.15, 0.2) is 10.5 Å². The SMILES string of the molecule is CC(C)Oc1c(Br)cc(I)c(F)c1F. The standard InChI is InChI=1S/C9H8BrF2IO/c1-4(2)14-9-5(10)3-6(13)7(11)8(9)12/h3-4H,1-2H3. The van der Waals surface area contributed by atoms with E-state index in [9.17, 15) is 8.78 Å². The second-order valence-corrected chi connectivity index (χ2v) is 4.98. The largest absolute Gasteiger partial charge is 0.487 e. The topological polar surface area (TPSA) is 9.23 Å². The molecular formula is C9H8BrF2IO. The van der Waals surface area contributed by atoms with Crippen molar-refractivity contribution < 1.29 is 13.5 Å². The predicted octanol–water partition coefficient (Wildman–Crippen LogP) is 4.12. The molecule has 0 aromatic heterocycles. The van der Waals surface area contributed by atoms with Gasteiger partial charge in [0.05, 0.1) is 14.1 Å². The van der Waals surface area contributed by atoms with Gasteiger partial charge in [-0.1, -0.05) is 0 Å². The van der Waals surface area contributed by atoms with E-state index in [1.807, 2.05) is 0 Å². The molecule has 1 rings (SSSR count). The van der Waals surface area contributed by atoms with E-state index in [0.717, 1.165) is 0 Å². The summed E-state index contributed by atoms with van der Waals surface area (Å²) < 4.78 is 32.3. The summed E-state index contributed by atoms with van der Waals surface area (Å²) in [5, 5.41) is 0. The zero-order valence-corrected chi connectivity index (χ0v) is 11.3. The molecular weight excluding hydrogens is 369 g/mol. The number of ether oxygens (including phenoxy) is 1. The van der Waals surface area contributed by atoms with Gasteiger partial charge in [0.1, 0.15) is 0 Å². The van der Waals surface area contributed by atoms with Crippen LogP contribution in [0.1, 0.15) is 13.8 Å². The number of halogens is 4. The minimum atomic E-state index is -0.947. The van der Waals surface area contributed by atoms with Gasteiger partial charge in [0.15, 0.2) is 11.6 Å². The zero-order valence-electron chi connectivity index (χ0n) is 7.57. The summed E-state index contributed by atoms with van der Waals surface area (Å²) in [7, 11) is 0. The predicted molar refractivity (Wildman–Crippen MR) is 62.5 cm³/mol. The zero-order chi connectivity index (χ0) is 10.9. The van der Waals surface area contributed by atoms with Crippen LogP contribution in [0.4, 0.5) is 8.78 Å². The fraction of sp³-hybridized carbons (Fsp3) is 0.333. The van der Waals surface area contributed by atoms with Crippen molar-refractivity contribution in [2.45, 2.75) is 20.0 Å². The van der Waals surface area contributed by atoms with E-state index < -0.39 is 11.6 Å². The van der Waals surface area contributed by atoms with Crippen LogP contribution in [-0.2, 0) is 0 Å². The molecule has 0 bridgehead atoms. The molecule has 0 saturated heterocycles. The fourth-order valence-corrected chi connectivity index (χ4v) is 2.37. The third-order valence-electron chi connectivity index (χ3n) is 1.43. The average molecular weight is 377 g/mol. The molecule has 0 saturated carbocycles. The van der Waals surface area contributed by atoms with Crippen LogP contribution in [0.3, 0.4) is 0 Å². The molecule has 78 valence electrons. The van der Waals surface area contributed by atoms with Crippen LogP contribution in [-0.4, -0.2) is 6.10 Å². The molecule has 0 aliphatic carbocycles. The molecule has 1 aromatic carbocycles. The van der Waals surface area contributed by atoms with Crippen molar-refractivity contribution in [3.8, 4) is 5.75 Å². The Morgan fingerprint density at radius 2 is 1.93 bits per heavy atom. The smallest absolute Gasteiger partial charge is 0.202 e. The highest BCUT2D eigenvalue weighted by molar-refractivity contribution is 14.1. The molecule has 0 aliphatic rings. The molecule has 0 spiro atoms. The van der Waals surface area contributed by atoms with Gasteiger partial charge in [0.2, 0.25) is 5.82 Å². The van der Waals surface area contributed by atoms with Crippen LogP contribution in [0.2, 0.25) is 0 Å². The highest BCUT2D eigenvalue weighted by Crippen LogP contribution is 2.33. The summed E-state index contributed by atoms with van der Waals surface area (Å²) in [5.41, 5.74) is 0. The minimum absolute atomic E-state index is 0.0714. The lowest BCUT2D eigenvalue weighted by atomic mass is 10.3. The molecule has 0 N–H and O–H groups in total. The first kappa shape index (κ1) is 12.2. The number of benzene rings is 1. The highest BCUT2D eigenvalue weighted by Gasteiger charge is 2.18. The van der Waals surface area contributed by atoms with E-state index in [4.69, 9.17) is 4.74 Å². The fourth-order valence-electron chi connectivity index (χ4n) is 0.893. The maximum atomic E-state index is 13.3. The summed E-state index contributed by atoms with van der Waals surface area (Å²) >= 11 is 4.85. The average Bonchev–Trinajstić information content (AvgIpc) is 2.09. The Hall–Kier alpha value is 0.0900. The van der Waals surface area contributed by atoms with Crippen LogP contribution in [0.25, 0.3) is 0 Å². The van der Waals surface area contributed by atoms with Crippen LogP contribution >= 0.6 is 38.5 Å². The highest BCUT2D eigenvalue weighted by atomic mass is 127. The van der Waals surface area contributed by atoms with Crippen molar-refractivity contribution >= 4 is 38.5 Å². The Balaban J connectivity index is 3.22. The lowest BCUT2D eigenvalue weighted by Crippen LogP contribution is -2.09. The Labute approximate surface area is 103 Å². The second kappa shape index (κ2) is 4.74. The number of hydrogen-bond donors (Lipinski definition) is 0. The van der Waals surface area contributed by atoms with Gasteiger partial charge in [-0.05, 0) is 58.4 Å². The van der Waals surface area contributed by atoms with Gasteiger partial charge in [-0.3, -0.25) is 0 Å². The summed E-state index contributed by atoms with van der Waals surface area (Å²) in [6.07, 6.45) is -0.194. The molecule has 0 fully saturated rings. The van der Waals surface area contributed by atoms with Crippen molar-refractivity contribution in [1.82, 2.24) is 0 Å². The van der Waals surface area contributed by atoms with Gasteiger partial charge in [-0.2, -0.15) is 4.39 Å². The molecule has 14 heavy (non-hydrogen) atoms. The summed E-state index contributed by atoms with van der Waals surface area (Å²) in [5.74, 6) is -1.89. The molecule has 1 nitrogen and oxygen atoms in total. The second-order valence-electron chi connectivity index (χ2n) is 2.96. The van der Waals surface area contributed by atoms with Gasteiger partial charge < -0.3 is 4.74 Å². The van der Waals surface area contributed by atoms with Crippen molar-refractivity contribution in [3.63, 3.8) is 0 Å². The summed E-state index contributed by atoms with van der Waals surface area (Å²) in [6.45, 7) is 3.50. The Morgan fingerprint density at radius 3 is 2.43 bits per heavy atom. The van der Waals surface area contributed by atoms with E-state index in [1.54, 1.807) is 36.4 Å². The molecule has 1 aromatic rings. The molecule has 0 radical (unpaired) electrons. The minimum Gasteiger partial charge on any atom is -0.487 e. The first-order valence-electron chi connectivity index (χ1n) is 3.93. The molecule has 0 heterocycles. The van der Waals surface area contributed by atoms with Crippen molar-refractivity contribution in [3.05, 3.63) is 25.7 Å². The molecule has 0 atom stereocenters. The first-order chi connectivity index (χ1) is 6.43. The Morgan fingerprint density at radius 1 is 1.36 bits per heavy atom. The van der Waals surface area contributed by atoms with E-state index in [0.29, 0.717) is 4.47 Å². The van der Waals surface area contributed by atoms with Gasteiger partial charge in [-0.15, -0.1) is 0 Å². The van der Waals surface area contributed by atoms with Crippen molar-refractivity contribution in [1.29, 1.82) is 0 Å². The molecule has 0 unspecified atom stereocenters. The first-order valence-corrected chi connectivity index (χ1v) is 5.80. The number of rotatable bonds is 2.